The zero-order valence-electron chi connectivity index (χ0n) is 15.2. The SMILES string of the molecule is COCCOC(=O)c1nnc2c(-c3ccc(Br)cc3)c(COC)nn2c1C. The first kappa shape index (κ1) is 19.4. The Kier molecular flexibility index (Phi) is 6.15. The predicted octanol–water partition coefficient (Wildman–Crippen LogP) is 2.81. The van der Waals surface area contributed by atoms with E-state index in [1.165, 1.54) is 7.11 Å². The van der Waals surface area contributed by atoms with E-state index in [9.17, 15) is 4.79 Å². The summed E-state index contributed by atoms with van der Waals surface area (Å²) in [5, 5.41) is 12.9. The molecule has 142 valence electrons. The fraction of sp³-hybridized carbons (Fsp3) is 0.333. The van der Waals surface area contributed by atoms with Crippen LogP contribution in [-0.4, -0.2) is 53.2 Å². The normalized spacial score (nSPS) is 11.1. The third kappa shape index (κ3) is 4.00. The second-order valence-corrected chi connectivity index (χ2v) is 6.68. The Balaban J connectivity index is 2.08. The lowest BCUT2D eigenvalue weighted by Crippen LogP contribution is -2.16. The van der Waals surface area contributed by atoms with Gasteiger partial charge in [-0.25, -0.2) is 9.31 Å². The molecule has 0 spiro atoms. The van der Waals surface area contributed by atoms with Crippen molar-refractivity contribution in [2.45, 2.75) is 13.5 Å². The number of nitrogens with zero attached hydrogens (tertiary/aromatic N) is 4. The standard InChI is InChI=1S/C18H19BrN4O4/c1-11-16(18(24)27-9-8-25-2)20-21-17-15(12-4-6-13(19)7-5-12)14(10-26-3)22-23(11)17/h4-7H,8-10H2,1-3H3. The van der Waals surface area contributed by atoms with Crippen LogP contribution in [0.15, 0.2) is 28.7 Å². The van der Waals surface area contributed by atoms with Gasteiger partial charge in [0.25, 0.3) is 0 Å². The van der Waals surface area contributed by atoms with Crippen molar-refractivity contribution in [3.8, 4) is 11.1 Å². The molecule has 8 nitrogen and oxygen atoms in total. The van der Waals surface area contributed by atoms with Crippen LogP contribution in [0.25, 0.3) is 16.8 Å². The number of hydrogen-bond donors (Lipinski definition) is 0. The monoisotopic (exact) mass is 434 g/mol. The summed E-state index contributed by atoms with van der Waals surface area (Å²) >= 11 is 3.44. The molecule has 1 aromatic carbocycles. The molecule has 2 heterocycles. The van der Waals surface area contributed by atoms with Crippen LogP contribution in [0.4, 0.5) is 0 Å². The minimum atomic E-state index is -0.562. The third-order valence-electron chi connectivity index (χ3n) is 3.97. The van der Waals surface area contributed by atoms with Crippen LogP contribution >= 0.6 is 15.9 Å². The molecule has 0 aliphatic heterocycles. The summed E-state index contributed by atoms with van der Waals surface area (Å²) in [5.74, 6) is -0.562. The van der Waals surface area contributed by atoms with E-state index >= 15 is 0 Å². The van der Waals surface area contributed by atoms with Crippen molar-refractivity contribution >= 4 is 27.5 Å². The number of esters is 1. The van der Waals surface area contributed by atoms with E-state index in [0.29, 0.717) is 30.2 Å². The number of rotatable bonds is 7. The highest BCUT2D eigenvalue weighted by atomic mass is 79.9. The van der Waals surface area contributed by atoms with E-state index in [0.717, 1.165) is 15.6 Å². The molecule has 3 aromatic rings. The Labute approximate surface area is 164 Å². The Morgan fingerprint density at radius 3 is 2.52 bits per heavy atom. The molecule has 2 aromatic heterocycles. The number of aryl methyl sites for hydroxylation is 1. The van der Waals surface area contributed by atoms with E-state index in [-0.39, 0.29) is 12.3 Å². The summed E-state index contributed by atoms with van der Waals surface area (Å²) in [5.41, 5.74) is 3.68. The number of carbonyl (C=O) groups is 1. The average Bonchev–Trinajstić information content (AvgIpc) is 3.02. The van der Waals surface area contributed by atoms with Crippen molar-refractivity contribution in [2.75, 3.05) is 27.4 Å². The van der Waals surface area contributed by atoms with Crippen molar-refractivity contribution in [3.05, 3.63) is 45.8 Å². The second-order valence-electron chi connectivity index (χ2n) is 5.76. The molecular weight excluding hydrogens is 416 g/mol. The molecule has 27 heavy (non-hydrogen) atoms. The number of benzene rings is 1. The summed E-state index contributed by atoms with van der Waals surface area (Å²) in [6.45, 7) is 2.52. The van der Waals surface area contributed by atoms with Gasteiger partial charge in [0.2, 0.25) is 0 Å². The molecule has 0 saturated heterocycles. The van der Waals surface area contributed by atoms with Crippen LogP contribution in [-0.2, 0) is 20.8 Å². The zero-order chi connectivity index (χ0) is 19.4. The smallest absolute Gasteiger partial charge is 0.360 e. The number of methoxy groups -OCH3 is 2. The molecule has 0 amide bonds. The molecule has 0 saturated carbocycles. The number of hydrogen-bond acceptors (Lipinski definition) is 7. The molecule has 9 heteroatoms. The molecule has 0 bridgehead atoms. The van der Waals surface area contributed by atoms with Gasteiger partial charge in [0.05, 0.1) is 30.2 Å². The quantitative estimate of drug-likeness (QED) is 0.417. The lowest BCUT2D eigenvalue weighted by Gasteiger charge is -2.07. The van der Waals surface area contributed by atoms with Gasteiger partial charge < -0.3 is 14.2 Å². The Morgan fingerprint density at radius 1 is 1.11 bits per heavy atom. The largest absolute Gasteiger partial charge is 0.458 e. The first-order chi connectivity index (χ1) is 13.1. The molecule has 0 unspecified atom stereocenters. The van der Waals surface area contributed by atoms with Crippen LogP contribution in [0.5, 0.6) is 0 Å². The minimum Gasteiger partial charge on any atom is -0.458 e. The van der Waals surface area contributed by atoms with Gasteiger partial charge in [-0.2, -0.15) is 5.10 Å². The van der Waals surface area contributed by atoms with Gasteiger partial charge in [0.1, 0.15) is 6.61 Å². The first-order valence-corrected chi connectivity index (χ1v) is 9.02. The van der Waals surface area contributed by atoms with Crippen molar-refractivity contribution in [3.63, 3.8) is 0 Å². The van der Waals surface area contributed by atoms with Crippen LogP contribution in [0.3, 0.4) is 0 Å². The summed E-state index contributed by atoms with van der Waals surface area (Å²) in [4.78, 5) is 12.3. The number of aromatic nitrogens is 4. The summed E-state index contributed by atoms with van der Waals surface area (Å²) in [6, 6.07) is 7.81. The van der Waals surface area contributed by atoms with Gasteiger partial charge in [0, 0.05) is 18.7 Å². The highest BCUT2D eigenvalue weighted by molar-refractivity contribution is 9.10. The van der Waals surface area contributed by atoms with Crippen molar-refractivity contribution in [1.82, 2.24) is 19.8 Å². The van der Waals surface area contributed by atoms with Crippen LogP contribution in [0, 0.1) is 6.92 Å². The van der Waals surface area contributed by atoms with Gasteiger partial charge in [-0.05, 0) is 24.6 Å². The average molecular weight is 435 g/mol. The van der Waals surface area contributed by atoms with Crippen LogP contribution in [0.1, 0.15) is 21.9 Å². The number of ether oxygens (including phenoxy) is 3. The minimum absolute atomic E-state index is 0.118. The second kappa shape index (κ2) is 8.55. The van der Waals surface area contributed by atoms with Crippen molar-refractivity contribution < 1.29 is 19.0 Å². The van der Waals surface area contributed by atoms with E-state index in [4.69, 9.17) is 14.2 Å². The molecule has 3 rings (SSSR count). The molecule has 0 N–H and O–H groups in total. The molecule has 0 fully saturated rings. The lowest BCUT2D eigenvalue weighted by atomic mass is 10.1. The van der Waals surface area contributed by atoms with Crippen LogP contribution in [0.2, 0.25) is 0 Å². The fourth-order valence-corrected chi connectivity index (χ4v) is 2.94. The fourth-order valence-electron chi connectivity index (χ4n) is 2.67. The molecule has 0 aliphatic carbocycles. The Hall–Kier alpha value is -2.36. The molecule has 0 aliphatic rings. The molecule has 0 radical (unpaired) electrons. The molecular formula is C18H19BrN4O4. The maximum absolute atomic E-state index is 12.3. The maximum Gasteiger partial charge on any atom is 0.360 e. The van der Waals surface area contributed by atoms with E-state index in [1.54, 1.807) is 18.5 Å². The third-order valence-corrected chi connectivity index (χ3v) is 4.50. The predicted molar refractivity (Wildman–Crippen MR) is 102 cm³/mol. The van der Waals surface area contributed by atoms with E-state index < -0.39 is 5.97 Å². The number of carbonyl (C=O) groups excluding carboxylic acids is 1. The van der Waals surface area contributed by atoms with Crippen LogP contribution < -0.4 is 0 Å². The number of halogens is 1. The summed E-state index contributed by atoms with van der Waals surface area (Å²) in [7, 11) is 3.14. The van der Waals surface area contributed by atoms with Gasteiger partial charge in [0.15, 0.2) is 11.3 Å². The zero-order valence-corrected chi connectivity index (χ0v) is 16.8. The van der Waals surface area contributed by atoms with Crippen molar-refractivity contribution in [2.24, 2.45) is 0 Å². The van der Waals surface area contributed by atoms with Gasteiger partial charge in [-0.3, -0.25) is 0 Å². The Morgan fingerprint density at radius 2 is 1.85 bits per heavy atom. The number of fused-ring (bicyclic) bond motifs is 1. The summed E-state index contributed by atoms with van der Waals surface area (Å²) in [6.07, 6.45) is 0. The van der Waals surface area contributed by atoms with Gasteiger partial charge in [-0.1, -0.05) is 28.1 Å². The lowest BCUT2D eigenvalue weighted by molar-refractivity contribution is 0.0378. The van der Waals surface area contributed by atoms with Gasteiger partial charge in [-0.15, -0.1) is 10.2 Å². The highest BCUT2D eigenvalue weighted by Gasteiger charge is 2.22. The van der Waals surface area contributed by atoms with Crippen molar-refractivity contribution in [1.29, 1.82) is 0 Å². The van der Waals surface area contributed by atoms with E-state index in [1.807, 2.05) is 24.3 Å². The van der Waals surface area contributed by atoms with Gasteiger partial charge >= 0.3 is 5.97 Å². The first-order valence-electron chi connectivity index (χ1n) is 8.22. The maximum atomic E-state index is 12.3. The molecule has 0 atom stereocenters. The Bertz CT molecular complexity index is 956. The summed E-state index contributed by atoms with van der Waals surface area (Å²) < 4.78 is 17.9. The highest BCUT2D eigenvalue weighted by Crippen LogP contribution is 2.29. The van der Waals surface area contributed by atoms with E-state index in [2.05, 4.69) is 31.2 Å². The topological polar surface area (TPSA) is 87.8 Å².